The van der Waals surface area contributed by atoms with Crippen molar-refractivity contribution in [3.05, 3.63) is 51.5 Å². The number of aromatic nitrogens is 3. The maximum Gasteiger partial charge on any atom is 0.265 e. The van der Waals surface area contributed by atoms with Gasteiger partial charge in [0.2, 0.25) is 5.91 Å². The minimum absolute atomic E-state index is 0.0928. The van der Waals surface area contributed by atoms with Crippen molar-refractivity contribution in [3.63, 3.8) is 0 Å². The molecule has 3 aromatic rings. The molecule has 0 spiro atoms. The molecule has 0 aliphatic heterocycles. The second kappa shape index (κ2) is 7.67. The normalized spacial score (nSPS) is 10.8. The van der Waals surface area contributed by atoms with Crippen LogP contribution in [0.5, 0.6) is 0 Å². The van der Waals surface area contributed by atoms with E-state index in [0.29, 0.717) is 26.6 Å². The largest absolute Gasteiger partial charge is 0.344 e. The summed E-state index contributed by atoms with van der Waals surface area (Å²) < 4.78 is 1.41. The monoisotopic (exact) mass is 385 g/mol. The van der Waals surface area contributed by atoms with Gasteiger partial charge in [-0.1, -0.05) is 23.5 Å². The lowest BCUT2D eigenvalue weighted by atomic mass is 10.2. The average Bonchev–Trinajstić information content (AvgIpc) is 3.00. The molecule has 9 heteroatoms. The molecule has 0 fully saturated rings. The maximum absolute atomic E-state index is 12.4. The standard InChI is InChI=1S/C18H19N5O3S/c1-11-15(17(26)22(2)3)27-18(20-11)21-14(24)8-9-23-10-19-13-7-5-4-6-12(13)16(23)25/h4-7,10H,8-9H2,1-3H3,(H,20,21,24). The smallest absolute Gasteiger partial charge is 0.265 e. The van der Waals surface area contributed by atoms with Gasteiger partial charge in [0.05, 0.1) is 22.9 Å². The number of para-hydroxylation sites is 1. The first-order valence-corrected chi connectivity index (χ1v) is 9.11. The molecular formula is C18H19N5O3S. The number of benzene rings is 1. The van der Waals surface area contributed by atoms with Crippen LogP contribution in [-0.4, -0.2) is 45.3 Å². The van der Waals surface area contributed by atoms with Crippen LogP contribution in [0.3, 0.4) is 0 Å². The summed E-state index contributed by atoms with van der Waals surface area (Å²) in [6, 6.07) is 7.08. The average molecular weight is 385 g/mol. The van der Waals surface area contributed by atoms with Crippen LogP contribution in [0.2, 0.25) is 0 Å². The van der Waals surface area contributed by atoms with Gasteiger partial charge in [0, 0.05) is 27.1 Å². The minimum Gasteiger partial charge on any atom is -0.344 e. The van der Waals surface area contributed by atoms with Crippen LogP contribution >= 0.6 is 11.3 Å². The van der Waals surface area contributed by atoms with Gasteiger partial charge in [-0.3, -0.25) is 19.0 Å². The van der Waals surface area contributed by atoms with Crippen LogP contribution in [0.1, 0.15) is 21.8 Å². The number of rotatable bonds is 5. The van der Waals surface area contributed by atoms with Crippen molar-refractivity contribution in [1.82, 2.24) is 19.4 Å². The SMILES string of the molecule is Cc1nc(NC(=O)CCn2cnc3ccccc3c2=O)sc1C(=O)N(C)C. The Morgan fingerprint density at radius 2 is 2.00 bits per heavy atom. The second-order valence-corrected chi connectivity index (χ2v) is 7.19. The van der Waals surface area contributed by atoms with Gasteiger partial charge in [-0.05, 0) is 19.1 Å². The van der Waals surface area contributed by atoms with E-state index in [9.17, 15) is 14.4 Å². The topological polar surface area (TPSA) is 97.2 Å². The Balaban J connectivity index is 1.67. The van der Waals surface area contributed by atoms with Crippen LogP contribution in [0.25, 0.3) is 10.9 Å². The fourth-order valence-corrected chi connectivity index (χ4v) is 3.52. The molecule has 0 aliphatic carbocycles. The summed E-state index contributed by atoms with van der Waals surface area (Å²) in [5.41, 5.74) is 1.01. The van der Waals surface area contributed by atoms with Crippen molar-refractivity contribution in [2.75, 3.05) is 19.4 Å². The Hall–Kier alpha value is -3.07. The highest BCUT2D eigenvalue weighted by Crippen LogP contribution is 2.23. The van der Waals surface area contributed by atoms with Gasteiger partial charge >= 0.3 is 0 Å². The van der Waals surface area contributed by atoms with Crippen molar-refractivity contribution in [2.45, 2.75) is 19.9 Å². The van der Waals surface area contributed by atoms with Gasteiger partial charge in [-0.15, -0.1) is 0 Å². The third-order valence-electron chi connectivity index (χ3n) is 3.95. The van der Waals surface area contributed by atoms with E-state index in [4.69, 9.17) is 0 Å². The highest BCUT2D eigenvalue weighted by atomic mass is 32.1. The summed E-state index contributed by atoms with van der Waals surface area (Å²) in [6.45, 7) is 1.93. The summed E-state index contributed by atoms with van der Waals surface area (Å²) in [6.07, 6.45) is 1.54. The third-order valence-corrected chi connectivity index (χ3v) is 5.02. The van der Waals surface area contributed by atoms with Gasteiger partial charge < -0.3 is 10.2 Å². The number of hydrogen-bond acceptors (Lipinski definition) is 6. The van der Waals surface area contributed by atoms with E-state index < -0.39 is 0 Å². The molecule has 0 unspecified atom stereocenters. The Labute approximate surface area is 159 Å². The Morgan fingerprint density at radius 3 is 2.74 bits per heavy atom. The van der Waals surface area contributed by atoms with Crippen LogP contribution in [0, 0.1) is 6.92 Å². The molecule has 0 saturated heterocycles. The predicted octanol–water partition coefficient (Wildman–Crippen LogP) is 1.89. The van der Waals surface area contributed by atoms with Crippen LogP contribution in [0.4, 0.5) is 5.13 Å². The van der Waals surface area contributed by atoms with Gasteiger partial charge in [0.25, 0.3) is 11.5 Å². The van der Waals surface area contributed by atoms with Gasteiger partial charge in [-0.25, -0.2) is 9.97 Å². The molecule has 0 bridgehead atoms. The first-order chi connectivity index (χ1) is 12.9. The number of hydrogen-bond donors (Lipinski definition) is 1. The Morgan fingerprint density at radius 1 is 1.26 bits per heavy atom. The zero-order valence-corrected chi connectivity index (χ0v) is 16.0. The molecule has 0 saturated carbocycles. The summed E-state index contributed by atoms with van der Waals surface area (Å²) in [7, 11) is 3.32. The lowest BCUT2D eigenvalue weighted by molar-refractivity contribution is -0.116. The molecule has 27 heavy (non-hydrogen) atoms. The zero-order chi connectivity index (χ0) is 19.6. The van der Waals surface area contributed by atoms with Gasteiger partial charge in [0.1, 0.15) is 4.88 Å². The Bertz CT molecular complexity index is 1070. The molecule has 0 radical (unpaired) electrons. The second-order valence-electron chi connectivity index (χ2n) is 6.19. The number of thiazole rings is 1. The predicted molar refractivity (Wildman–Crippen MR) is 104 cm³/mol. The fourth-order valence-electron chi connectivity index (χ4n) is 2.52. The molecular weight excluding hydrogens is 366 g/mol. The van der Waals surface area contributed by atoms with Crippen LogP contribution in [0.15, 0.2) is 35.4 Å². The first kappa shape index (κ1) is 18.7. The first-order valence-electron chi connectivity index (χ1n) is 8.30. The summed E-state index contributed by atoms with van der Waals surface area (Å²) in [5, 5.41) is 3.57. The number of amides is 2. The summed E-state index contributed by atoms with van der Waals surface area (Å²) >= 11 is 1.14. The van der Waals surface area contributed by atoms with E-state index >= 15 is 0 Å². The number of carbonyl (C=O) groups is 2. The molecule has 2 amide bonds. The summed E-state index contributed by atoms with van der Waals surface area (Å²) in [5.74, 6) is -0.438. The highest BCUT2D eigenvalue weighted by Gasteiger charge is 2.18. The van der Waals surface area contributed by atoms with E-state index in [-0.39, 0.29) is 30.3 Å². The number of carbonyl (C=O) groups excluding carboxylic acids is 2. The number of aryl methyl sites for hydroxylation is 2. The van der Waals surface area contributed by atoms with Crippen molar-refractivity contribution in [1.29, 1.82) is 0 Å². The van der Waals surface area contributed by atoms with E-state index in [2.05, 4.69) is 15.3 Å². The fraction of sp³-hybridized carbons (Fsp3) is 0.278. The van der Waals surface area contributed by atoms with Crippen molar-refractivity contribution in [2.24, 2.45) is 0 Å². The molecule has 2 heterocycles. The Kier molecular flexibility index (Phi) is 5.31. The number of nitrogens with zero attached hydrogens (tertiary/aromatic N) is 4. The minimum atomic E-state index is -0.285. The lowest BCUT2D eigenvalue weighted by Gasteiger charge is -2.07. The molecule has 0 aliphatic rings. The molecule has 1 aromatic carbocycles. The molecule has 2 aromatic heterocycles. The number of anilines is 1. The molecule has 0 atom stereocenters. The zero-order valence-electron chi connectivity index (χ0n) is 15.2. The van der Waals surface area contributed by atoms with Gasteiger partial charge in [0.15, 0.2) is 5.13 Å². The molecule has 140 valence electrons. The molecule has 1 N–H and O–H groups in total. The van der Waals surface area contributed by atoms with E-state index in [1.807, 2.05) is 6.07 Å². The van der Waals surface area contributed by atoms with E-state index in [1.54, 1.807) is 39.2 Å². The van der Waals surface area contributed by atoms with E-state index in [1.165, 1.54) is 15.8 Å². The van der Waals surface area contributed by atoms with Crippen molar-refractivity contribution >= 4 is 39.2 Å². The molecule has 3 rings (SSSR count). The quantitative estimate of drug-likeness (QED) is 0.723. The maximum atomic E-state index is 12.4. The number of fused-ring (bicyclic) bond motifs is 1. The molecule has 8 nitrogen and oxygen atoms in total. The van der Waals surface area contributed by atoms with Crippen LogP contribution in [-0.2, 0) is 11.3 Å². The van der Waals surface area contributed by atoms with E-state index in [0.717, 1.165) is 11.3 Å². The number of nitrogens with one attached hydrogen (secondary N) is 1. The van der Waals surface area contributed by atoms with Gasteiger partial charge in [-0.2, -0.15) is 0 Å². The van der Waals surface area contributed by atoms with Crippen LogP contribution < -0.4 is 10.9 Å². The van der Waals surface area contributed by atoms with Crippen molar-refractivity contribution < 1.29 is 9.59 Å². The third kappa shape index (κ3) is 4.03. The highest BCUT2D eigenvalue weighted by molar-refractivity contribution is 7.17. The lowest BCUT2D eigenvalue weighted by Crippen LogP contribution is -2.23. The van der Waals surface area contributed by atoms with Crippen molar-refractivity contribution in [3.8, 4) is 0 Å². The summed E-state index contributed by atoms with van der Waals surface area (Å²) in [4.78, 5) is 47.1.